The van der Waals surface area contributed by atoms with E-state index < -0.39 is 0 Å². The Balaban J connectivity index is 1.49. The monoisotopic (exact) mass is 295 g/mol. The van der Waals surface area contributed by atoms with E-state index in [2.05, 4.69) is 29.7 Å². The summed E-state index contributed by atoms with van der Waals surface area (Å²) in [6.07, 6.45) is 6.07. The molecule has 2 N–H and O–H groups in total. The van der Waals surface area contributed by atoms with E-state index in [9.17, 15) is 4.79 Å². The normalized spacial score (nSPS) is 26.3. The van der Waals surface area contributed by atoms with Crippen LogP contribution in [0, 0.1) is 12.8 Å². The summed E-state index contributed by atoms with van der Waals surface area (Å²) < 4.78 is 1.66. The Hall–Kier alpha value is -2.07. The number of carbonyl (C=O) groups excluding carboxylic acids is 1. The maximum absolute atomic E-state index is 12.4. The highest BCUT2D eigenvalue weighted by Gasteiger charge is 2.40. The van der Waals surface area contributed by atoms with Gasteiger partial charge >= 0.3 is 6.03 Å². The Morgan fingerprint density at radius 3 is 2.86 bits per heavy atom. The lowest BCUT2D eigenvalue weighted by molar-refractivity contribution is 0.234. The van der Waals surface area contributed by atoms with Crippen LogP contribution in [0.3, 0.4) is 0 Å². The molecule has 1 saturated carbocycles. The van der Waals surface area contributed by atoms with Crippen molar-refractivity contribution in [3.05, 3.63) is 48.3 Å². The quantitative estimate of drug-likeness (QED) is 0.895. The second kappa shape index (κ2) is 5.29. The smallest absolute Gasteiger partial charge is 0.325 e. The first kappa shape index (κ1) is 13.6. The Bertz CT molecular complexity index is 706. The lowest BCUT2D eigenvalue weighted by atomic mass is 10.0. The zero-order valence-electron chi connectivity index (χ0n) is 12.8. The molecule has 1 aliphatic carbocycles. The standard InChI is InChI=1S/C18H21N3O/c1-12-4-2-3-5-15(12)14-6-7-21(11-14)18(22)20-17-9-13-8-16(17)19-10-13/h2-7,11,13,16-17,19H,8-10H2,1H3,(H,20,22). The topological polar surface area (TPSA) is 46.1 Å². The Kier molecular flexibility index (Phi) is 3.26. The van der Waals surface area contributed by atoms with E-state index in [4.69, 9.17) is 0 Å². The van der Waals surface area contributed by atoms with Crippen molar-refractivity contribution >= 4 is 6.03 Å². The summed E-state index contributed by atoms with van der Waals surface area (Å²) in [5, 5.41) is 6.65. The Labute approximate surface area is 130 Å². The van der Waals surface area contributed by atoms with E-state index in [1.54, 1.807) is 4.57 Å². The number of nitrogens with one attached hydrogen (secondary N) is 2. The molecule has 2 fully saturated rings. The Morgan fingerprint density at radius 2 is 2.14 bits per heavy atom. The van der Waals surface area contributed by atoms with Gasteiger partial charge < -0.3 is 10.6 Å². The number of piperidine rings is 1. The van der Waals surface area contributed by atoms with Gasteiger partial charge in [0, 0.05) is 30.0 Å². The van der Waals surface area contributed by atoms with Crippen LogP contribution in [0.1, 0.15) is 18.4 Å². The van der Waals surface area contributed by atoms with Crippen LogP contribution in [0.5, 0.6) is 0 Å². The zero-order chi connectivity index (χ0) is 15.1. The van der Waals surface area contributed by atoms with Crippen LogP contribution in [-0.4, -0.2) is 29.2 Å². The van der Waals surface area contributed by atoms with Crippen molar-refractivity contribution < 1.29 is 4.79 Å². The molecule has 4 nitrogen and oxygen atoms in total. The van der Waals surface area contributed by atoms with Crippen LogP contribution in [0.15, 0.2) is 42.7 Å². The van der Waals surface area contributed by atoms with E-state index in [1.807, 2.05) is 30.6 Å². The van der Waals surface area contributed by atoms with Crippen LogP contribution in [0.25, 0.3) is 11.1 Å². The van der Waals surface area contributed by atoms with Gasteiger partial charge in [0.2, 0.25) is 0 Å². The highest BCUT2D eigenvalue weighted by molar-refractivity contribution is 5.79. The number of carbonyl (C=O) groups is 1. The second-order valence-corrected chi connectivity index (χ2v) is 6.53. The van der Waals surface area contributed by atoms with Crippen LogP contribution < -0.4 is 10.6 Å². The minimum absolute atomic E-state index is 0.0285. The molecule has 2 aromatic rings. The predicted octanol–water partition coefficient (Wildman–Crippen LogP) is 2.77. The molecule has 1 aromatic heterocycles. The van der Waals surface area contributed by atoms with Crippen LogP contribution in [0.2, 0.25) is 0 Å². The molecule has 22 heavy (non-hydrogen) atoms. The number of fused-ring (bicyclic) bond motifs is 2. The molecule has 1 aromatic carbocycles. The fraction of sp³-hybridized carbons (Fsp3) is 0.389. The first-order chi connectivity index (χ1) is 10.7. The van der Waals surface area contributed by atoms with E-state index in [0.717, 1.165) is 24.4 Å². The number of hydrogen-bond donors (Lipinski definition) is 2. The minimum atomic E-state index is -0.0285. The van der Waals surface area contributed by atoms with E-state index in [0.29, 0.717) is 6.04 Å². The van der Waals surface area contributed by atoms with Crippen molar-refractivity contribution in [2.75, 3.05) is 6.54 Å². The lowest BCUT2D eigenvalue weighted by Crippen LogP contribution is -2.48. The number of hydrogen-bond acceptors (Lipinski definition) is 2. The third kappa shape index (κ3) is 2.33. The summed E-state index contributed by atoms with van der Waals surface area (Å²) in [6.45, 7) is 3.20. The fourth-order valence-electron chi connectivity index (χ4n) is 3.82. The summed E-state index contributed by atoms with van der Waals surface area (Å²) in [7, 11) is 0. The van der Waals surface area contributed by atoms with Gasteiger partial charge in [0.25, 0.3) is 0 Å². The number of benzene rings is 1. The summed E-state index contributed by atoms with van der Waals surface area (Å²) in [5.74, 6) is 0.738. The van der Waals surface area contributed by atoms with Gasteiger partial charge in [-0.3, -0.25) is 4.57 Å². The maximum atomic E-state index is 12.4. The summed E-state index contributed by atoms with van der Waals surface area (Å²) in [4.78, 5) is 12.4. The molecule has 3 atom stereocenters. The number of rotatable bonds is 2. The third-order valence-electron chi connectivity index (χ3n) is 5.02. The van der Waals surface area contributed by atoms with E-state index >= 15 is 0 Å². The maximum Gasteiger partial charge on any atom is 0.325 e. The largest absolute Gasteiger partial charge is 0.333 e. The minimum Gasteiger partial charge on any atom is -0.333 e. The molecule has 2 aliphatic rings. The molecular formula is C18H21N3O. The highest BCUT2D eigenvalue weighted by Crippen LogP contribution is 2.31. The van der Waals surface area contributed by atoms with E-state index in [1.165, 1.54) is 17.5 Å². The van der Waals surface area contributed by atoms with Crippen molar-refractivity contribution in [2.45, 2.75) is 31.8 Å². The van der Waals surface area contributed by atoms with Gasteiger partial charge in [0.05, 0.1) is 0 Å². The van der Waals surface area contributed by atoms with Crippen molar-refractivity contribution in [1.82, 2.24) is 15.2 Å². The predicted molar refractivity (Wildman–Crippen MR) is 86.8 cm³/mol. The van der Waals surface area contributed by atoms with Gasteiger partial charge in [-0.15, -0.1) is 0 Å². The van der Waals surface area contributed by atoms with Crippen LogP contribution in [-0.2, 0) is 0 Å². The first-order valence-corrected chi connectivity index (χ1v) is 7.99. The van der Waals surface area contributed by atoms with Gasteiger partial charge in [0.1, 0.15) is 0 Å². The van der Waals surface area contributed by atoms with Gasteiger partial charge in [-0.2, -0.15) is 0 Å². The third-order valence-corrected chi connectivity index (χ3v) is 5.02. The van der Waals surface area contributed by atoms with Crippen LogP contribution in [0.4, 0.5) is 4.79 Å². The molecule has 1 aliphatic heterocycles. The molecule has 0 spiro atoms. The van der Waals surface area contributed by atoms with Gasteiger partial charge in [-0.25, -0.2) is 4.79 Å². The lowest BCUT2D eigenvalue weighted by Gasteiger charge is -2.23. The molecule has 1 amide bonds. The molecule has 4 rings (SSSR count). The van der Waals surface area contributed by atoms with E-state index in [-0.39, 0.29) is 12.1 Å². The molecule has 0 radical (unpaired) electrons. The van der Waals surface area contributed by atoms with Gasteiger partial charge in [-0.1, -0.05) is 24.3 Å². The molecule has 114 valence electrons. The average Bonchev–Trinajstić information content (AvgIpc) is 3.24. The molecule has 4 heteroatoms. The highest BCUT2D eigenvalue weighted by atomic mass is 16.2. The van der Waals surface area contributed by atoms with Gasteiger partial charge in [-0.05, 0) is 49.4 Å². The van der Waals surface area contributed by atoms with Crippen molar-refractivity contribution in [1.29, 1.82) is 0 Å². The summed E-state index contributed by atoms with van der Waals surface area (Å²) >= 11 is 0. The number of amides is 1. The Morgan fingerprint density at radius 1 is 1.27 bits per heavy atom. The zero-order valence-corrected chi connectivity index (χ0v) is 12.8. The first-order valence-electron chi connectivity index (χ1n) is 7.99. The van der Waals surface area contributed by atoms with Crippen molar-refractivity contribution in [3.63, 3.8) is 0 Å². The SMILES string of the molecule is Cc1ccccc1-c1ccn(C(=O)NC2CC3CNC2C3)c1. The fourth-order valence-corrected chi connectivity index (χ4v) is 3.82. The van der Waals surface area contributed by atoms with Crippen LogP contribution >= 0.6 is 0 Å². The van der Waals surface area contributed by atoms with Crippen molar-refractivity contribution in [2.24, 2.45) is 5.92 Å². The van der Waals surface area contributed by atoms with Gasteiger partial charge in [0.15, 0.2) is 0 Å². The summed E-state index contributed by atoms with van der Waals surface area (Å²) in [5.41, 5.74) is 3.48. The van der Waals surface area contributed by atoms with Crippen molar-refractivity contribution in [3.8, 4) is 11.1 Å². The molecular weight excluding hydrogens is 274 g/mol. The second-order valence-electron chi connectivity index (χ2n) is 6.53. The molecule has 3 unspecified atom stereocenters. The number of aryl methyl sites for hydroxylation is 1. The molecule has 1 saturated heterocycles. The molecule has 2 heterocycles. The number of nitrogens with zero attached hydrogens (tertiary/aromatic N) is 1. The number of aromatic nitrogens is 1. The molecule has 2 bridgehead atoms. The average molecular weight is 295 g/mol. The summed E-state index contributed by atoms with van der Waals surface area (Å²) in [6, 6.07) is 10.9.